The molecule has 6 heteroatoms. The number of ether oxygens (including phenoxy) is 2. The molecule has 0 amide bonds. The van der Waals surface area contributed by atoms with Gasteiger partial charge in [-0.05, 0) is 42.8 Å². The van der Waals surface area contributed by atoms with E-state index in [0.717, 1.165) is 0 Å². The molecule has 5 nitrogen and oxygen atoms in total. The highest BCUT2D eigenvalue weighted by molar-refractivity contribution is 9.10. The van der Waals surface area contributed by atoms with Crippen LogP contribution < -0.4 is 9.47 Å². The number of allylic oxidation sites excluding steroid dienone is 1. The van der Waals surface area contributed by atoms with E-state index in [1.807, 2.05) is 6.07 Å². The molecule has 0 radical (unpaired) electrons. The van der Waals surface area contributed by atoms with Crippen molar-refractivity contribution in [3.05, 3.63) is 63.6 Å². The second kappa shape index (κ2) is 8.68. The number of benzene rings is 2. The minimum absolute atomic E-state index is 0.0443. The van der Waals surface area contributed by atoms with E-state index in [1.54, 1.807) is 55.5 Å². The highest BCUT2D eigenvalue weighted by Crippen LogP contribution is 2.35. The third-order valence-corrected chi connectivity index (χ3v) is 3.80. The molecule has 2 aromatic rings. The van der Waals surface area contributed by atoms with Gasteiger partial charge in [-0.2, -0.15) is 10.5 Å². The summed E-state index contributed by atoms with van der Waals surface area (Å²) in [4.78, 5) is 12.2. The van der Waals surface area contributed by atoms with Crippen molar-refractivity contribution >= 4 is 28.0 Å². The standard InChI is InChI=1S/C19H13BrN2O3/c1-2-24-17-9-15(8-13(11-21)12-22)16(20)10-18(17)25-19(23)14-6-4-3-5-7-14/h3-10H,2H2,1H3. The smallest absolute Gasteiger partial charge is 0.343 e. The van der Waals surface area contributed by atoms with E-state index in [1.165, 1.54) is 6.08 Å². The molecule has 0 saturated carbocycles. The van der Waals surface area contributed by atoms with E-state index in [2.05, 4.69) is 15.9 Å². The second-order valence-corrected chi connectivity index (χ2v) is 5.64. The first-order chi connectivity index (χ1) is 12.1. The monoisotopic (exact) mass is 396 g/mol. The molecule has 0 unspecified atom stereocenters. The van der Waals surface area contributed by atoms with Gasteiger partial charge in [0.1, 0.15) is 17.7 Å². The van der Waals surface area contributed by atoms with Crippen molar-refractivity contribution in [3.63, 3.8) is 0 Å². The predicted octanol–water partition coefficient (Wildman–Crippen LogP) is 4.50. The SMILES string of the molecule is CCOc1cc(C=C(C#N)C#N)c(Br)cc1OC(=O)c1ccccc1. The van der Waals surface area contributed by atoms with E-state index in [0.29, 0.717) is 28.0 Å². The maximum atomic E-state index is 12.2. The quantitative estimate of drug-likeness (QED) is 0.422. The number of nitriles is 2. The maximum absolute atomic E-state index is 12.2. The van der Waals surface area contributed by atoms with Gasteiger partial charge in [-0.15, -0.1) is 0 Å². The van der Waals surface area contributed by atoms with Crippen molar-refractivity contribution in [2.24, 2.45) is 0 Å². The third kappa shape index (κ3) is 4.69. The number of rotatable bonds is 5. The van der Waals surface area contributed by atoms with Gasteiger partial charge >= 0.3 is 5.97 Å². The summed E-state index contributed by atoms with van der Waals surface area (Å²) in [6, 6.07) is 15.4. The van der Waals surface area contributed by atoms with Crippen molar-refractivity contribution < 1.29 is 14.3 Å². The number of carbonyl (C=O) groups is 1. The van der Waals surface area contributed by atoms with Crippen LogP contribution in [0.3, 0.4) is 0 Å². The van der Waals surface area contributed by atoms with Crippen LogP contribution in [0.2, 0.25) is 0 Å². The maximum Gasteiger partial charge on any atom is 0.343 e. The topological polar surface area (TPSA) is 83.1 Å². The van der Waals surface area contributed by atoms with Crippen LogP contribution in [-0.4, -0.2) is 12.6 Å². The molecule has 0 aliphatic heterocycles. The summed E-state index contributed by atoms with van der Waals surface area (Å²) >= 11 is 3.36. The van der Waals surface area contributed by atoms with Crippen molar-refractivity contribution in [1.82, 2.24) is 0 Å². The molecular weight excluding hydrogens is 384 g/mol. The number of carbonyl (C=O) groups excluding carboxylic acids is 1. The van der Waals surface area contributed by atoms with Gasteiger partial charge in [-0.25, -0.2) is 4.79 Å². The fourth-order valence-corrected chi connectivity index (χ4v) is 2.42. The van der Waals surface area contributed by atoms with Crippen molar-refractivity contribution in [1.29, 1.82) is 10.5 Å². The fraction of sp³-hybridized carbons (Fsp3) is 0.105. The first kappa shape index (κ1) is 18.3. The van der Waals surface area contributed by atoms with Crippen LogP contribution in [0.15, 0.2) is 52.5 Å². The summed E-state index contributed by atoms with van der Waals surface area (Å²) in [5.74, 6) is 0.0816. The van der Waals surface area contributed by atoms with Gasteiger partial charge in [0.15, 0.2) is 11.5 Å². The van der Waals surface area contributed by atoms with Crippen LogP contribution in [0, 0.1) is 22.7 Å². The van der Waals surface area contributed by atoms with Crippen LogP contribution >= 0.6 is 15.9 Å². The molecule has 0 saturated heterocycles. The summed E-state index contributed by atoms with van der Waals surface area (Å²) in [6.07, 6.45) is 1.43. The number of hydrogen-bond donors (Lipinski definition) is 0. The Balaban J connectivity index is 2.40. The van der Waals surface area contributed by atoms with Gasteiger partial charge in [0.05, 0.1) is 12.2 Å². The zero-order valence-corrected chi connectivity index (χ0v) is 14.9. The average Bonchev–Trinajstić information content (AvgIpc) is 2.63. The summed E-state index contributed by atoms with van der Waals surface area (Å²) in [5, 5.41) is 17.8. The Bertz CT molecular complexity index is 877. The molecule has 25 heavy (non-hydrogen) atoms. The Hall–Kier alpha value is -3.09. The van der Waals surface area contributed by atoms with Gasteiger partial charge in [0.25, 0.3) is 0 Å². The van der Waals surface area contributed by atoms with E-state index in [9.17, 15) is 4.79 Å². The summed E-state index contributed by atoms with van der Waals surface area (Å²) < 4.78 is 11.5. The van der Waals surface area contributed by atoms with E-state index in [4.69, 9.17) is 20.0 Å². The van der Waals surface area contributed by atoms with Crippen LogP contribution in [0.25, 0.3) is 6.08 Å². The lowest BCUT2D eigenvalue weighted by Gasteiger charge is -2.13. The number of esters is 1. The molecular formula is C19H13BrN2O3. The van der Waals surface area contributed by atoms with Gasteiger partial charge in [0.2, 0.25) is 0 Å². The predicted molar refractivity (Wildman–Crippen MR) is 95.9 cm³/mol. The van der Waals surface area contributed by atoms with E-state index < -0.39 is 5.97 Å². The Morgan fingerprint density at radius 2 is 1.84 bits per heavy atom. The third-order valence-electron chi connectivity index (χ3n) is 3.12. The molecule has 124 valence electrons. The fourth-order valence-electron chi connectivity index (χ4n) is 1.99. The average molecular weight is 397 g/mol. The molecule has 2 aromatic carbocycles. The van der Waals surface area contributed by atoms with Crippen LogP contribution in [0.1, 0.15) is 22.8 Å². The summed E-state index contributed by atoms with van der Waals surface area (Å²) in [7, 11) is 0. The van der Waals surface area contributed by atoms with Crippen molar-refractivity contribution in [2.75, 3.05) is 6.61 Å². The number of nitrogens with zero attached hydrogens (tertiary/aromatic N) is 2. The molecule has 0 N–H and O–H groups in total. The Morgan fingerprint density at radius 3 is 2.44 bits per heavy atom. The highest BCUT2D eigenvalue weighted by Gasteiger charge is 2.15. The molecule has 0 heterocycles. The van der Waals surface area contributed by atoms with Crippen molar-refractivity contribution in [2.45, 2.75) is 6.92 Å². The first-order valence-electron chi connectivity index (χ1n) is 7.34. The lowest BCUT2D eigenvalue weighted by atomic mass is 10.1. The van der Waals surface area contributed by atoms with Crippen LogP contribution in [0.4, 0.5) is 0 Å². The molecule has 2 rings (SSSR count). The minimum atomic E-state index is -0.508. The molecule has 0 spiro atoms. The zero-order chi connectivity index (χ0) is 18.2. The van der Waals surface area contributed by atoms with Gasteiger partial charge in [-0.3, -0.25) is 0 Å². The van der Waals surface area contributed by atoms with E-state index in [-0.39, 0.29) is 11.3 Å². The molecule has 0 aliphatic carbocycles. The first-order valence-corrected chi connectivity index (χ1v) is 8.13. The van der Waals surface area contributed by atoms with E-state index >= 15 is 0 Å². The lowest BCUT2D eigenvalue weighted by Crippen LogP contribution is -2.09. The Labute approximate surface area is 153 Å². The van der Waals surface area contributed by atoms with Gasteiger partial charge < -0.3 is 9.47 Å². The van der Waals surface area contributed by atoms with Crippen molar-refractivity contribution in [3.8, 4) is 23.6 Å². The minimum Gasteiger partial charge on any atom is -0.490 e. The normalized spacial score (nSPS) is 9.44. The summed E-state index contributed by atoms with van der Waals surface area (Å²) in [5.41, 5.74) is 0.944. The molecule has 0 fully saturated rings. The molecule has 0 aliphatic rings. The number of hydrogen-bond acceptors (Lipinski definition) is 5. The molecule has 0 bridgehead atoms. The highest BCUT2D eigenvalue weighted by atomic mass is 79.9. The molecule has 0 atom stereocenters. The summed E-state index contributed by atoms with van der Waals surface area (Å²) in [6.45, 7) is 2.17. The van der Waals surface area contributed by atoms with Gasteiger partial charge in [-0.1, -0.05) is 34.1 Å². The van der Waals surface area contributed by atoms with Gasteiger partial charge in [0, 0.05) is 4.47 Å². The zero-order valence-electron chi connectivity index (χ0n) is 13.3. The lowest BCUT2D eigenvalue weighted by molar-refractivity contribution is 0.0728. The number of halogens is 1. The van der Waals surface area contributed by atoms with Crippen LogP contribution in [-0.2, 0) is 0 Å². The Kier molecular flexibility index (Phi) is 6.33. The second-order valence-electron chi connectivity index (χ2n) is 4.79. The largest absolute Gasteiger partial charge is 0.490 e. The molecule has 0 aromatic heterocycles. The van der Waals surface area contributed by atoms with Crippen LogP contribution in [0.5, 0.6) is 11.5 Å². The Morgan fingerprint density at radius 1 is 1.16 bits per heavy atom.